The molecule has 1 N–H and O–H groups in total. The van der Waals surface area contributed by atoms with Gasteiger partial charge in [-0.15, -0.1) is 0 Å². The van der Waals surface area contributed by atoms with Gasteiger partial charge in [-0.3, -0.25) is 14.9 Å². The standard InChI is InChI=1S/C21H21FN4O3/c1-23-18-5-3-2-4-17(18)19(20(21(23)27)26(28)29)25-12-10-24(11-13-25)14-15-6-8-16(22)9-7-15/h2-9H,10-14H2,1H3/p+1. The summed E-state index contributed by atoms with van der Waals surface area (Å²) in [5, 5.41) is 12.5. The Labute approximate surface area is 166 Å². The van der Waals surface area contributed by atoms with E-state index in [1.165, 1.54) is 21.6 Å². The van der Waals surface area contributed by atoms with Crippen LogP contribution >= 0.6 is 0 Å². The van der Waals surface area contributed by atoms with Gasteiger partial charge in [0.1, 0.15) is 18.0 Å². The Balaban J connectivity index is 1.63. The summed E-state index contributed by atoms with van der Waals surface area (Å²) >= 11 is 0. The number of pyridine rings is 1. The van der Waals surface area contributed by atoms with E-state index in [1.54, 1.807) is 25.2 Å². The third-order valence-corrected chi connectivity index (χ3v) is 5.59. The Morgan fingerprint density at radius 3 is 2.41 bits per heavy atom. The van der Waals surface area contributed by atoms with Crippen LogP contribution in [0.2, 0.25) is 0 Å². The Bertz CT molecular complexity index is 1120. The number of nitro groups is 1. The summed E-state index contributed by atoms with van der Waals surface area (Å²) in [7, 11) is 1.56. The molecule has 0 amide bonds. The van der Waals surface area contributed by atoms with E-state index in [1.807, 2.05) is 23.1 Å². The summed E-state index contributed by atoms with van der Waals surface area (Å²) in [6, 6.07) is 13.8. The van der Waals surface area contributed by atoms with E-state index < -0.39 is 10.5 Å². The molecule has 0 saturated carbocycles. The third-order valence-electron chi connectivity index (χ3n) is 5.59. The van der Waals surface area contributed by atoms with Gasteiger partial charge in [-0.25, -0.2) is 4.39 Å². The zero-order chi connectivity index (χ0) is 20.5. The van der Waals surface area contributed by atoms with E-state index in [9.17, 15) is 19.3 Å². The fraction of sp³-hybridized carbons (Fsp3) is 0.286. The van der Waals surface area contributed by atoms with Gasteiger partial charge in [-0.05, 0) is 18.2 Å². The highest BCUT2D eigenvalue weighted by atomic mass is 19.1. The first-order valence-corrected chi connectivity index (χ1v) is 9.55. The van der Waals surface area contributed by atoms with Crippen LogP contribution in [0.5, 0.6) is 0 Å². The van der Waals surface area contributed by atoms with Gasteiger partial charge in [0.05, 0.1) is 36.6 Å². The fourth-order valence-electron chi connectivity index (χ4n) is 4.06. The van der Waals surface area contributed by atoms with Crippen molar-refractivity contribution in [1.82, 2.24) is 4.57 Å². The first-order chi connectivity index (χ1) is 14.0. The SMILES string of the molecule is Cn1c(=O)c([N+](=O)[O-])c(N2CC[NH+](Cc3ccc(F)cc3)CC2)c2ccccc21. The van der Waals surface area contributed by atoms with Crippen molar-refractivity contribution in [3.8, 4) is 0 Å². The minimum absolute atomic E-state index is 0.251. The second kappa shape index (κ2) is 7.63. The van der Waals surface area contributed by atoms with Gasteiger partial charge >= 0.3 is 11.2 Å². The molecule has 2 aromatic carbocycles. The summed E-state index contributed by atoms with van der Waals surface area (Å²) < 4.78 is 14.4. The number of fused-ring (bicyclic) bond motifs is 1. The first-order valence-electron chi connectivity index (χ1n) is 9.55. The molecule has 7 nitrogen and oxygen atoms in total. The molecule has 2 heterocycles. The van der Waals surface area contributed by atoms with E-state index in [0.717, 1.165) is 25.2 Å². The lowest BCUT2D eigenvalue weighted by Gasteiger charge is -2.34. The zero-order valence-electron chi connectivity index (χ0n) is 16.1. The molecule has 0 spiro atoms. The number of aryl methyl sites for hydroxylation is 1. The smallest absolute Gasteiger partial charge is 0.354 e. The molecule has 1 aliphatic rings. The molecular formula is C21H22FN4O3+. The Morgan fingerprint density at radius 1 is 1.10 bits per heavy atom. The fourth-order valence-corrected chi connectivity index (χ4v) is 4.06. The maximum absolute atomic E-state index is 13.1. The van der Waals surface area contributed by atoms with E-state index in [4.69, 9.17) is 0 Å². The predicted octanol–water partition coefficient (Wildman–Crippen LogP) is 1.49. The topological polar surface area (TPSA) is 72.8 Å². The second-order valence-corrected chi connectivity index (χ2v) is 7.38. The largest absolute Gasteiger partial charge is 0.357 e. The number of anilines is 1. The van der Waals surface area contributed by atoms with Crippen molar-refractivity contribution < 1.29 is 14.2 Å². The maximum atomic E-state index is 13.1. The number of quaternary nitrogens is 1. The molecular weight excluding hydrogens is 375 g/mol. The van der Waals surface area contributed by atoms with Crippen LogP contribution in [0.25, 0.3) is 10.9 Å². The maximum Gasteiger partial charge on any atom is 0.357 e. The van der Waals surface area contributed by atoms with Crippen molar-refractivity contribution in [2.75, 3.05) is 31.1 Å². The van der Waals surface area contributed by atoms with Crippen molar-refractivity contribution in [3.63, 3.8) is 0 Å². The summed E-state index contributed by atoms with van der Waals surface area (Å²) in [5.74, 6) is -0.251. The van der Waals surface area contributed by atoms with E-state index in [-0.39, 0.29) is 11.5 Å². The molecule has 0 aliphatic carbocycles. The van der Waals surface area contributed by atoms with E-state index in [0.29, 0.717) is 29.7 Å². The van der Waals surface area contributed by atoms with Gasteiger partial charge in [-0.2, -0.15) is 0 Å². The lowest BCUT2D eigenvalue weighted by molar-refractivity contribution is -0.914. The highest BCUT2D eigenvalue weighted by Gasteiger charge is 2.31. The van der Waals surface area contributed by atoms with Crippen molar-refractivity contribution in [2.45, 2.75) is 6.54 Å². The van der Waals surface area contributed by atoms with E-state index >= 15 is 0 Å². The molecule has 0 bridgehead atoms. The normalized spacial score (nSPS) is 15.0. The minimum Gasteiger partial charge on any atom is -0.354 e. The van der Waals surface area contributed by atoms with Crippen LogP contribution in [0.4, 0.5) is 15.8 Å². The van der Waals surface area contributed by atoms with Crippen molar-refractivity contribution in [1.29, 1.82) is 0 Å². The number of piperazine rings is 1. The number of aromatic nitrogens is 1. The van der Waals surface area contributed by atoms with Crippen molar-refractivity contribution in [2.24, 2.45) is 7.05 Å². The molecule has 0 atom stereocenters. The molecule has 1 aliphatic heterocycles. The molecule has 1 saturated heterocycles. The molecule has 3 aromatic rings. The van der Waals surface area contributed by atoms with E-state index in [2.05, 4.69) is 0 Å². The predicted molar refractivity (Wildman–Crippen MR) is 109 cm³/mol. The number of para-hydroxylation sites is 1. The second-order valence-electron chi connectivity index (χ2n) is 7.38. The van der Waals surface area contributed by atoms with Crippen LogP contribution in [0.1, 0.15) is 5.56 Å². The van der Waals surface area contributed by atoms with Crippen LogP contribution < -0.4 is 15.4 Å². The van der Waals surface area contributed by atoms with Crippen LogP contribution in [0.3, 0.4) is 0 Å². The van der Waals surface area contributed by atoms with Crippen LogP contribution in [0, 0.1) is 15.9 Å². The third kappa shape index (κ3) is 3.58. The number of rotatable bonds is 4. The number of hydrogen-bond donors (Lipinski definition) is 1. The molecule has 29 heavy (non-hydrogen) atoms. The number of nitrogens with one attached hydrogen (secondary N) is 1. The number of halogens is 1. The molecule has 8 heteroatoms. The quantitative estimate of drug-likeness (QED) is 0.535. The zero-order valence-corrected chi connectivity index (χ0v) is 16.1. The lowest BCUT2D eigenvalue weighted by atomic mass is 10.1. The highest BCUT2D eigenvalue weighted by molar-refractivity contribution is 5.96. The number of hydrogen-bond acceptors (Lipinski definition) is 4. The molecule has 4 rings (SSSR count). The first kappa shape index (κ1) is 19.1. The van der Waals surface area contributed by atoms with Gasteiger partial charge in [0.25, 0.3) is 0 Å². The average Bonchev–Trinajstić information content (AvgIpc) is 2.72. The molecule has 1 aromatic heterocycles. The summed E-state index contributed by atoms with van der Waals surface area (Å²) in [5.41, 5.74) is 1.19. The van der Waals surface area contributed by atoms with Gasteiger partial charge < -0.3 is 14.4 Å². The minimum atomic E-state index is -0.593. The Kier molecular flexibility index (Phi) is 5.02. The average molecular weight is 397 g/mol. The van der Waals surface area contributed by atoms with Gasteiger partial charge in [0, 0.05) is 18.0 Å². The summed E-state index contributed by atoms with van der Waals surface area (Å²) in [6.45, 7) is 3.53. The van der Waals surface area contributed by atoms with Crippen LogP contribution in [-0.4, -0.2) is 35.7 Å². The Hall–Kier alpha value is -3.26. The van der Waals surface area contributed by atoms with Crippen molar-refractivity contribution >= 4 is 22.3 Å². The highest BCUT2D eigenvalue weighted by Crippen LogP contribution is 2.33. The van der Waals surface area contributed by atoms with Gasteiger partial charge in [-0.1, -0.05) is 30.3 Å². The molecule has 150 valence electrons. The molecule has 0 radical (unpaired) electrons. The lowest BCUT2D eigenvalue weighted by Crippen LogP contribution is -3.13. The van der Waals surface area contributed by atoms with Crippen molar-refractivity contribution in [3.05, 3.63) is 80.4 Å². The number of benzene rings is 2. The van der Waals surface area contributed by atoms with Gasteiger partial charge in [0.15, 0.2) is 0 Å². The Morgan fingerprint density at radius 2 is 1.76 bits per heavy atom. The molecule has 0 unspecified atom stereocenters. The number of nitrogens with zero attached hydrogens (tertiary/aromatic N) is 3. The van der Waals surface area contributed by atoms with Gasteiger partial charge in [0.2, 0.25) is 0 Å². The van der Waals surface area contributed by atoms with Crippen LogP contribution in [0.15, 0.2) is 53.3 Å². The monoisotopic (exact) mass is 397 g/mol. The molecule has 1 fully saturated rings. The summed E-state index contributed by atoms with van der Waals surface area (Å²) in [6.07, 6.45) is 0. The summed E-state index contributed by atoms with van der Waals surface area (Å²) in [4.78, 5) is 27.1. The van der Waals surface area contributed by atoms with Crippen LogP contribution in [-0.2, 0) is 13.6 Å².